The number of carbonyl (C=O) groups is 1. The van der Waals surface area contributed by atoms with Crippen molar-refractivity contribution >= 4 is 17.5 Å². The van der Waals surface area contributed by atoms with Crippen molar-refractivity contribution < 1.29 is 27.8 Å². The number of nitrogens with one attached hydrogen (secondary N) is 1. The zero-order chi connectivity index (χ0) is 21.7. The van der Waals surface area contributed by atoms with Gasteiger partial charge in [-0.3, -0.25) is 4.79 Å². The highest BCUT2D eigenvalue weighted by molar-refractivity contribution is 6.31. The van der Waals surface area contributed by atoms with Gasteiger partial charge >= 0.3 is 0 Å². The number of hydrogen-bond donors (Lipinski definition) is 1. The first-order valence-electron chi connectivity index (χ1n) is 10.5. The van der Waals surface area contributed by atoms with E-state index in [2.05, 4.69) is 5.32 Å². The number of rotatable bonds is 10. The lowest BCUT2D eigenvalue weighted by molar-refractivity contribution is -0.120. The van der Waals surface area contributed by atoms with Gasteiger partial charge in [0, 0.05) is 24.4 Å². The van der Waals surface area contributed by atoms with E-state index >= 15 is 0 Å². The van der Waals surface area contributed by atoms with Gasteiger partial charge in [0.25, 0.3) is 5.92 Å². The van der Waals surface area contributed by atoms with Crippen LogP contribution in [0.1, 0.15) is 51.5 Å². The van der Waals surface area contributed by atoms with Gasteiger partial charge < -0.3 is 19.5 Å². The highest BCUT2D eigenvalue weighted by Gasteiger charge is 2.57. The number of carbonyl (C=O) groups excluding carboxylic acids is 1. The minimum atomic E-state index is -2.58. The fourth-order valence-corrected chi connectivity index (χ4v) is 3.85. The Morgan fingerprint density at radius 1 is 1.23 bits per heavy atom. The number of hydrogen-bond acceptors (Lipinski definition) is 4. The van der Waals surface area contributed by atoms with Crippen LogP contribution in [-0.2, 0) is 20.9 Å². The number of ether oxygens (including phenoxy) is 3. The van der Waals surface area contributed by atoms with Gasteiger partial charge in [-0.1, -0.05) is 17.7 Å². The fraction of sp³-hybridized carbons (Fsp3) is 0.682. The highest BCUT2D eigenvalue weighted by Crippen LogP contribution is 2.48. The van der Waals surface area contributed by atoms with E-state index in [4.69, 9.17) is 25.8 Å². The van der Waals surface area contributed by atoms with Crippen LogP contribution in [0, 0.1) is 5.92 Å². The minimum Gasteiger partial charge on any atom is -0.493 e. The van der Waals surface area contributed by atoms with Crippen molar-refractivity contribution in [2.45, 2.75) is 76.7 Å². The first-order chi connectivity index (χ1) is 14.2. The van der Waals surface area contributed by atoms with E-state index < -0.39 is 11.8 Å². The Morgan fingerprint density at radius 3 is 2.43 bits per heavy atom. The molecule has 0 spiro atoms. The molecule has 1 aromatic rings. The van der Waals surface area contributed by atoms with Crippen molar-refractivity contribution in [1.82, 2.24) is 5.32 Å². The Morgan fingerprint density at radius 2 is 1.87 bits per heavy atom. The van der Waals surface area contributed by atoms with Crippen molar-refractivity contribution in [3.05, 3.63) is 28.8 Å². The van der Waals surface area contributed by atoms with Crippen LogP contribution in [0.3, 0.4) is 0 Å². The van der Waals surface area contributed by atoms with Crippen LogP contribution >= 0.6 is 11.6 Å². The lowest BCUT2D eigenvalue weighted by Gasteiger charge is -2.29. The standard InChI is InChI=1S/C22H30ClF2NO4/c1-14(26-15(2)27)11-28-18-5-7-19(8-6-18)29-12-16-3-4-20(9-21(16)23)30-13-17-10-22(17,24)25/h3-4,9,14,17-19H,5-8,10-13H2,1-2H3,(H,26,27)/t14-,17?,18?,19?/m0/s1. The quantitative estimate of drug-likeness (QED) is 0.565. The number of alkyl halides is 2. The lowest BCUT2D eigenvalue weighted by atomic mass is 9.95. The Balaban J connectivity index is 1.34. The van der Waals surface area contributed by atoms with Crippen molar-refractivity contribution in [1.29, 1.82) is 0 Å². The second kappa shape index (κ2) is 10.2. The summed E-state index contributed by atoms with van der Waals surface area (Å²) in [6.45, 7) is 4.35. The van der Waals surface area contributed by atoms with Crippen molar-refractivity contribution in [2.24, 2.45) is 5.92 Å². The normalized spacial score (nSPS) is 26.1. The third-order valence-electron chi connectivity index (χ3n) is 5.56. The van der Waals surface area contributed by atoms with E-state index in [0.717, 1.165) is 31.2 Å². The second-order valence-corrected chi connectivity index (χ2v) is 8.78. The molecule has 2 fully saturated rings. The molecule has 0 saturated heterocycles. The van der Waals surface area contributed by atoms with Crippen LogP contribution < -0.4 is 10.1 Å². The molecule has 1 N–H and O–H groups in total. The van der Waals surface area contributed by atoms with Crippen LogP contribution in [-0.4, -0.2) is 43.3 Å². The molecule has 2 saturated carbocycles. The van der Waals surface area contributed by atoms with Crippen LogP contribution in [0.2, 0.25) is 5.02 Å². The molecule has 1 amide bonds. The van der Waals surface area contributed by atoms with Crippen molar-refractivity contribution in [3.63, 3.8) is 0 Å². The first kappa shape index (κ1) is 23.2. The number of benzene rings is 1. The molecule has 30 heavy (non-hydrogen) atoms. The van der Waals surface area contributed by atoms with E-state index in [1.54, 1.807) is 12.1 Å². The molecule has 0 heterocycles. The molecule has 1 unspecified atom stereocenters. The predicted octanol–water partition coefficient (Wildman–Crippen LogP) is 4.74. The monoisotopic (exact) mass is 445 g/mol. The van der Waals surface area contributed by atoms with Crippen molar-refractivity contribution in [3.8, 4) is 5.75 Å². The van der Waals surface area contributed by atoms with E-state index in [9.17, 15) is 13.6 Å². The summed E-state index contributed by atoms with van der Waals surface area (Å²) in [5.74, 6) is -2.82. The van der Waals surface area contributed by atoms with Gasteiger partial charge in [-0.05, 0) is 50.3 Å². The maximum atomic E-state index is 12.9. The minimum absolute atomic E-state index is 0.00586. The summed E-state index contributed by atoms with van der Waals surface area (Å²) >= 11 is 6.31. The average Bonchev–Trinajstić information content (AvgIpc) is 3.31. The Hall–Kier alpha value is -1.44. The summed E-state index contributed by atoms with van der Waals surface area (Å²) in [5.41, 5.74) is 0.850. The maximum Gasteiger partial charge on any atom is 0.255 e. The van der Waals surface area contributed by atoms with E-state index in [1.807, 2.05) is 13.0 Å². The van der Waals surface area contributed by atoms with Gasteiger partial charge in [-0.15, -0.1) is 0 Å². The topological polar surface area (TPSA) is 56.8 Å². The van der Waals surface area contributed by atoms with Gasteiger partial charge in [0.15, 0.2) is 0 Å². The third kappa shape index (κ3) is 7.06. The molecular weight excluding hydrogens is 416 g/mol. The van der Waals surface area contributed by atoms with E-state index in [-0.39, 0.29) is 37.2 Å². The van der Waals surface area contributed by atoms with Gasteiger partial charge in [0.05, 0.1) is 37.9 Å². The van der Waals surface area contributed by atoms with Crippen LogP contribution in [0.5, 0.6) is 5.75 Å². The summed E-state index contributed by atoms with van der Waals surface area (Å²) in [4.78, 5) is 11.0. The van der Waals surface area contributed by atoms with Crippen molar-refractivity contribution in [2.75, 3.05) is 13.2 Å². The second-order valence-electron chi connectivity index (χ2n) is 8.37. The summed E-state index contributed by atoms with van der Waals surface area (Å²) in [6.07, 6.45) is 3.91. The zero-order valence-corrected chi connectivity index (χ0v) is 18.2. The molecule has 0 aliphatic heterocycles. The molecule has 2 atom stereocenters. The predicted molar refractivity (Wildman–Crippen MR) is 110 cm³/mol. The number of amides is 1. The lowest BCUT2D eigenvalue weighted by Crippen LogP contribution is -2.36. The molecule has 0 aromatic heterocycles. The van der Waals surface area contributed by atoms with Gasteiger partial charge in [-0.2, -0.15) is 0 Å². The smallest absolute Gasteiger partial charge is 0.255 e. The molecular formula is C22H30ClF2NO4. The third-order valence-corrected chi connectivity index (χ3v) is 5.91. The van der Waals surface area contributed by atoms with E-state index in [1.165, 1.54) is 6.92 Å². The van der Waals surface area contributed by atoms with Crippen LogP contribution in [0.15, 0.2) is 18.2 Å². The summed E-state index contributed by atoms with van der Waals surface area (Å²) in [6, 6.07) is 5.22. The largest absolute Gasteiger partial charge is 0.493 e. The SMILES string of the molecule is CC(=O)N[C@@H](C)COC1CCC(OCc2ccc(OCC3CC3(F)F)cc2Cl)CC1. The van der Waals surface area contributed by atoms with Crippen LogP contribution in [0.25, 0.3) is 0 Å². The zero-order valence-electron chi connectivity index (χ0n) is 17.5. The van der Waals surface area contributed by atoms with Gasteiger partial charge in [-0.25, -0.2) is 8.78 Å². The molecule has 0 radical (unpaired) electrons. The highest BCUT2D eigenvalue weighted by atomic mass is 35.5. The molecule has 2 aliphatic rings. The van der Waals surface area contributed by atoms with Gasteiger partial charge in [0.2, 0.25) is 5.91 Å². The summed E-state index contributed by atoms with van der Waals surface area (Å²) in [7, 11) is 0. The molecule has 3 rings (SSSR count). The average molecular weight is 446 g/mol. The molecule has 2 aliphatic carbocycles. The Labute approximate surface area is 181 Å². The fourth-order valence-electron chi connectivity index (χ4n) is 3.62. The Bertz CT molecular complexity index is 725. The number of halogens is 3. The first-order valence-corrected chi connectivity index (χ1v) is 10.9. The molecule has 5 nitrogen and oxygen atoms in total. The summed E-state index contributed by atoms with van der Waals surface area (Å²) in [5, 5.41) is 3.33. The molecule has 168 valence electrons. The maximum absolute atomic E-state index is 12.9. The Kier molecular flexibility index (Phi) is 7.93. The molecule has 1 aromatic carbocycles. The van der Waals surface area contributed by atoms with Gasteiger partial charge in [0.1, 0.15) is 5.75 Å². The molecule has 8 heteroatoms. The van der Waals surface area contributed by atoms with Crippen LogP contribution in [0.4, 0.5) is 8.78 Å². The summed E-state index contributed by atoms with van der Waals surface area (Å²) < 4.78 is 43.2. The van der Waals surface area contributed by atoms with E-state index in [0.29, 0.717) is 24.0 Å². The molecule has 0 bridgehead atoms.